The van der Waals surface area contributed by atoms with Gasteiger partial charge in [-0.2, -0.15) is 5.10 Å². The molecule has 1 atom stereocenters. The van der Waals surface area contributed by atoms with Gasteiger partial charge in [-0.3, -0.25) is 14.3 Å². The minimum Gasteiger partial charge on any atom is -0.394 e. The maximum atomic E-state index is 13.5. The van der Waals surface area contributed by atoms with E-state index in [0.717, 1.165) is 54.5 Å². The fourth-order valence-corrected chi connectivity index (χ4v) is 5.74. The van der Waals surface area contributed by atoms with Crippen molar-refractivity contribution in [1.82, 2.24) is 19.6 Å². The monoisotopic (exact) mass is 484 g/mol. The third kappa shape index (κ3) is 4.84. The fourth-order valence-electron chi connectivity index (χ4n) is 5.74. The highest BCUT2D eigenvalue weighted by atomic mass is 19.1. The molecule has 1 aromatic carbocycles. The number of halogens is 1. The van der Waals surface area contributed by atoms with Crippen molar-refractivity contribution in [3.05, 3.63) is 52.1 Å². The molecule has 2 saturated heterocycles. The van der Waals surface area contributed by atoms with Crippen LogP contribution in [0.5, 0.6) is 0 Å². The molecule has 2 amide bonds. The van der Waals surface area contributed by atoms with Gasteiger partial charge in [0.05, 0.1) is 19.3 Å². The average molecular weight is 485 g/mol. The Morgan fingerprint density at radius 2 is 1.97 bits per heavy atom. The highest BCUT2D eigenvalue weighted by molar-refractivity contribution is 5.94. The molecule has 0 spiro atoms. The number of aliphatic hydroxyl groups is 1. The maximum absolute atomic E-state index is 13.5. The largest absolute Gasteiger partial charge is 0.394 e. The highest BCUT2D eigenvalue weighted by Gasteiger charge is 2.33. The molecule has 1 aromatic heterocycles. The molecule has 1 N–H and O–H groups in total. The molecule has 3 aliphatic rings. The lowest BCUT2D eigenvalue weighted by Gasteiger charge is -2.33. The number of carbonyl (C=O) groups excluding carboxylic acids is 2. The van der Waals surface area contributed by atoms with Crippen LogP contribution in [0.25, 0.3) is 0 Å². The van der Waals surface area contributed by atoms with Crippen molar-refractivity contribution in [2.45, 2.75) is 57.6 Å². The number of piperidine rings is 1. The van der Waals surface area contributed by atoms with Crippen LogP contribution in [0.4, 0.5) is 4.39 Å². The number of nitrogens with zero attached hydrogens (tertiary/aromatic N) is 4. The Morgan fingerprint density at radius 1 is 1.17 bits per heavy atom. The lowest BCUT2D eigenvalue weighted by Crippen LogP contribution is -2.47. The third-order valence-corrected chi connectivity index (χ3v) is 7.64. The minimum atomic E-state index is -0.369. The molecule has 8 nitrogen and oxygen atoms in total. The van der Waals surface area contributed by atoms with Crippen LogP contribution >= 0.6 is 0 Å². The van der Waals surface area contributed by atoms with Gasteiger partial charge in [0.15, 0.2) is 5.69 Å². The summed E-state index contributed by atoms with van der Waals surface area (Å²) < 4.78 is 20.7. The van der Waals surface area contributed by atoms with E-state index >= 15 is 0 Å². The molecule has 1 aliphatic carbocycles. The summed E-state index contributed by atoms with van der Waals surface area (Å²) in [4.78, 5) is 30.0. The van der Waals surface area contributed by atoms with Crippen LogP contribution < -0.4 is 0 Å². The summed E-state index contributed by atoms with van der Waals surface area (Å²) in [5.41, 5.74) is 4.52. The molecular weight excluding hydrogens is 451 g/mol. The molecule has 0 saturated carbocycles. The molecule has 0 radical (unpaired) electrons. The van der Waals surface area contributed by atoms with Crippen LogP contribution in [0.15, 0.2) is 18.2 Å². The van der Waals surface area contributed by atoms with Crippen LogP contribution in [0.2, 0.25) is 0 Å². The first-order valence-corrected chi connectivity index (χ1v) is 12.6. The van der Waals surface area contributed by atoms with Gasteiger partial charge >= 0.3 is 0 Å². The highest BCUT2D eigenvalue weighted by Crippen LogP contribution is 2.31. The van der Waals surface area contributed by atoms with E-state index < -0.39 is 0 Å². The van der Waals surface area contributed by atoms with E-state index in [-0.39, 0.29) is 36.9 Å². The number of aryl methyl sites for hydroxylation is 1. The summed E-state index contributed by atoms with van der Waals surface area (Å²) in [5, 5.41) is 14.0. The van der Waals surface area contributed by atoms with Crippen LogP contribution in [0.1, 0.15) is 58.1 Å². The summed E-state index contributed by atoms with van der Waals surface area (Å²) in [5.74, 6) is -0.0202. The molecule has 2 aromatic rings. The van der Waals surface area contributed by atoms with Crippen LogP contribution in [-0.4, -0.2) is 82.0 Å². The minimum absolute atomic E-state index is 0.0159. The number of carbonyl (C=O) groups is 2. The van der Waals surface area contributed by atoms with Gasteiger partial charge in [-0.25, -0.2) is 4.39 Å². The summed E-state index contributed by atoms with van der Waals surface area (Å²) in [6.07, 6.45) is 3.89. The molecular formula is C26H33FN4O4. The molecule has 5 rings (SSSR count). The van der Waals surface area contributed by atoms with Gasteiger partial charge in [0.25, 0.3) is 5.91 Å². The predicted molar refractivity (Wildman–Crippen MR) is 127 cm³/mol. The van der Waals surface area contributed by atoms with E-state index in [1.54, 1.807) is 15.6 Å². The Morgan fingerprint density at radius 3 is 2.71 bits per heavy atom. The standard InChI is InChI=1S/C26H33FN4O4/c1-17-13-19(27)5-6-21(17)18-7-9-29(10-8-18)24(33)15-31-23-4-2-3-22(23)25(28-31)26(34)30-11-12-35-20(14-30)16-32/h5-6,13,18,20,32H,2-4,7-12,14-16H2,1H3/t20-/m0/s1. The number of ether oxygens (including phenoxy) is 1. The van der Waals surface area contributed by atoms with Crippen molar-refractivity contribution in [2.75, 3.05) is 39.4 Å². The van der Waals surface area contributed by atoms with Gasteiger partial charge in [-0.1, -0.05) is 6.07 Å². The fraction of sp³-hybridized carbons (Fsp3) is 0.577. The predicted octanol–water partition coefficient (Wildman–Crippen LogP) is 2.06. The summed E-state index contributed by atoms with van der Waals surface area (Å²) in [6, 6.07) is 4.96. The van der Waals surface area contributed by atoms with Crippen LogP contribution in [0, 0.1) is 12.7 Å². The number of aliphatic hydroxyl groups excluding tert-OH is 1. The molecule has 0 bridgehead atoms. The molecule has 0 unspecified atom stereocenters. The lowest BCUT2D eigenvalue weighted by atomic mass is 9.87. The molecule has 3 heterocycles. The van der Waals surface area contributed by atoms with Gasteiger partial charge < -0.3 is 19.6 Å². The summed E-state index contributed by atoms with van der Waals surface area (Å²) >= 11 is 0. The third-order valence-electron chi connectivity index (χ3n) is 7.64. The molecule has 2 aliphatic heterocycles. The first kappa shape index (κ1) is 23.9. The van der Waals surface area contributed by atoms with E-state index in [9.17, 15) is 19.1 Å². The van der Waals surface area contributed by atoms with Gasteiger partial charge in [0.1, 0.15) is 12.4 Å². The van der Waals surface area contributed by atoms with Gasteiger partial charge in [0, 0.05) is 37.4 Å². The first-order chi connectivity index (χ1) is 16.9. The number of aromatic nitrogens is 2. The molecule has 35 heavy (non-hydrogen) atoms. The van der Waals surface area contributed by atoms with Crippen molar-refractivity contribution in [3.63, 3.8) is 0 Å². The Labute approximate surface area is 204 Å². The van der Waals surface area contributed by atoms with E-state index in [2.05, 4.69) is 5.10 Å². The number of hydrogen-bond donors (Lipinski definition) is 1. The zero-order valence-electron chi connectivity index (χ0n) is 20.2. The Hall–Kier alpha value is -2.78. The van der Waals surface area contributed by atoms with Gasteiger partial charge in [-0.15, -0.1) is 0 Å². The van der Waals surface area contributed by atoms with Crippen molar-refractivity contribution >= 4 is 11.8 Å². The first-order valence-electron chi connectivity index (χ1n) is 12.6. The maximum Gasteiger partial charge on any atom is 0.274 e. The average Bonchev–Trinajstić information content (AvgIpc) is 3.48. The Balaban J connectivity index is 1.24. The number of likely N-dealkylation sites (tertiary alicyclic amines) is 1. The second-order valence-corrected chi connectivity index (χ2v) is 9.87. The van der Waals surface area contributed by atoms with Gasteiger partial charge in [0.2, 0.25) is 5.91 Å². The molecule has 9 heteroatoms. The number of hydrogen-bond acceptors (Lipinski definition) is 5. The molecule has 2 fully saturated rings. The SMILES string of the molecule is Cc1cc(F)ccc1C1CCN(C(=O)Cn2nc(C(=O)N3CCO[C@H](CO)C3)c3c2CCC3)CC1. The van der Waals surface area contributed by atoms with Crippen molar-refractivity contribution in [1.29, 1.82) is 0 Å². The second kappa shape index (κ2) is 10.1. The number of benzene rings is 1. The Bertz CT molecular complexity index is 1110. The number of rotatable bonds is 5. The number of morpholine rings is 1. The smallest absolute Gasteiger partial charge is 0.274 e. The zero-order valence-corrected chi connectivity index (χ0v) is 20.2. The number of fused-ring (bicyclic) bond motifs is 1. The van der Waals surface area contributed by atoms with Crippen molar-refractivity contribution < 1.29 is 23.8 Å². The quantitative estimate of drug-likeness (QED) is 0.702. The van der Waals surface area contributed by atoms with Crippen LogP contribution in [0.3, 0.4) is 0 Å². The van der Waals surface area contributed by atoms with E-state index in [4.69, 9.17) is 4.74 Å². The summed E-state index contributed by atoms with van der Waals surface area (Å²) in [6.45, 7) is 4.48. The van der Waals surface area contributed by atoms with E-state index in [1.165, 1.54) is 6.07 Å². The van der Waals surface area contributed by atoms with Crippen molar-refractivity contribution in [2.24, 2.45) is 0 Å². The molecule has 188 valence electrons. The van der Waals surface area contributed by atoms with E-state index in [0.29, 0.717) is 44.4 Å². The normalized spacial score (nSPS) is 20.8. The van der Waals surface area contributed by atoms with Gasteiger partial charge in [-0.05, 0) is 68.2 Å². The van der Waals surface area contributed by atoms with Crippen molar-refractivity contribution in [3.8, 4) is 0 Å². The summed E-state index contributed by atoms with van der Waals surface area (Å²) in [7, 11) is 0. The lowest BCUT2D eigenvalue weighted by molar-refractivity contribution is -0.133. The topological polar surface area (TPSA) is 87.9 Å². The van der Waals surface area contributed by atoms with E-state index in [1.807, 2.05) is 17.9 Å². The second-order valence-electron chi connectivity index (χ2n) is 9.87. The van der Waals surface area contributed by atoms with Crippen LogP contribution in [-0.2, 0) is 28.9 Å². The Kier molecular flexibility index (Phi) is 6.88. The zero-order chi connectivity index (χ0) is 24.5. The number of amides is 2.